The minimum Gasteiger partial charge on any atom is -0.258 e. The molecule has 0 saturated carbocycles. The van der Waals surface area contributed by atoms with Gasteiger partial charge in [-0.1, -0.05) is 66.7 Å². The van der Waals surface area contributed by atoms with E-state index in [-0.39, 0.29) is 11.4 Å². The molecule has 0 N–H and O–H groups in total. The fraction of sp³-hybridized carbons (Fsp3) is 0. The summed E-state index contributed by atoms with van der Waals surface area (Å²) in [5.74, 6) is 0. The van der Waals surface area contributed by atoms with Crippen LogP contribution in [0.1, 0.15) is 0 Å². The number of nitro benzene ring substituents is 2. The van der Waals surface area contributed by atoms with Gasteiger partial charge >= 0.3 is 0 Å². The Kier molecular flexibility index (Phi) is 5.05. The van der Waals surface area contributed by atoms with Gasteiger partial charge in [-0.05, 0) is 39.4 Å². The molecule has 0 aromatic heterocycles. The maximum Gasteiger partial charge on any atom is 0.270 e. The molecule has 0 radical (unpaired) electrons. The standard InChI is InChI=1S/C24H16N2O4/c27-25(28)19-10-6-9-18(15-19)24-16-20(26(29)30)13-14-23(24)22-12-5-4-11-21(22)17-7-2-1-3-8-17/h1-16H. The summed E-state index contributed by atoms with van der Waals surface area (Å²) in [6.07, 6.45) is 0. The monoisotopic (exact) mass is 396 g/mol. The van der Waals surface area contributed by atoms with Crippen molar-refractivity contribution >= 4 is 11.4 Å². The van der Waals surface area contributed by atoms with Crippen LogP contribution in [-0.2, 0) is 0 Å². The van der Waals surface area contributed by atoms with Gasteiger partial charge in [0, 0.05) is 24.3 Å². The molecular weight excluding hydrogens is 380 g/mol. The maximum absolute atomic E-state index is 11.4. The highest BCUT2D eigenvalue weighted by molar-refractivity contribution is 5.92. The Bertz CT molecular complexity index is 1250. The zero-order valence-electron chi connectivity index (χ0n) is 15.8. The molecule has 0 aliphatic heterocycles. The van der Waals surface area contributed by atoms with Gasteiger partial charge in [-0.15, -0.1) is 0 Å². The van der Waals surface area contributed by atoms with Crippen molar-refractivity contribution in [3.8, 4) is 33.4 Å². The third-order valence-electron chi connectivity index (χ3n) is 4.88. The Hall–Kier alpha value is -4.32. The number of benzene rings is 4. The molecule has 6 heteroatoms. The van der Waals surface area contributed by atoms with Crippen molar-refractivity contribution in [2.45, 2.75) is 0 Å². The van der Waals surface area contributed by atoms with Crippen molar-refractivity contribution in [1.29, 1.82) is 0 Å². The van der Waals surface area contributed by atoms with Crippen molar-refractivity contribution in [1.82, 2.24) is 0 Å². The van der Waals surface area contributed by atoms with Gasteiger partial charge in [0.15, 0.2) is 0 Å². The Balaban J connectivity index is 1.98. The van der Waals surface area contributed by atoms with Gasteiger partial charge < -0.3 is 0 Å². The average Bonchev–Trinajstić information content (AvgIpc) is 2.79. The second-order valence-corrected chi connectivity index (χ2v) is 6.71. The molecule has 0 aliphatic carbocycles. The Morgan fingerprint density at radius 2 is 1.03 bits per heavy atom. The first-order valence-corrected chi connectivity index (χ1v) is 9.22. The van der Waals surface area contributed by atoms with E-state index in [1.807, 2.05) is 54.6 Å². The molecule has 0 heterocycles. The highest BCUT2D eigenvalue weighted by Gasteiger charge is 2.18. The quantitative estimate of drug-likeness (QED) is 0.284. The van der Waals surface area contributed by atoms with E-state index in [0.717, 1.165) is 22.3 Å². The molecule has 6 nitrogen and oxygen atoms in total. The number of hydrogen-bond acceptors (Lipinski definition) is 4. The minimum atomic E-state index is -0.474. The molecule has 4 aromatic rings. The van der Waals surface area contributed by atoms with Gasteiger partial charge in [-0.3, -0.25) is 20.2 Å². The summed E-state index contributed by atoms with van der Waals surface area (Å²) in [6.45, 7) is 0. The molecule has 146 valence electrons. The predicted molar refractivity (Wildman–Crippen MR) is 116 cm³/mol. The number of nitrogens with zero attached hydrogens (tertiary/aromatic N) is 2. The molecule has 0 amide bonds. The van der Waals surface area contributed by atoms with Crippen LogP contribution >= 0.6 is 0 Å². The lowest BCUT2D eigenvalue weighted by Gasteiger charge is -2.14. The van der Waals surface area contributed by atoms with Crippen LogP contribution in [0.25, 0.3) is 33.4 Å². The van der Waals surface area contributed by atoms with E-state index >= 15 is 0 Å². The van der Waals surface area contributed by atoms with E-state index in [4.69, 9.17) is 0 Å². The molecule has 4 rings (SSSR count). The lowest BCUT2D eigenvalue weighted by Crippen LogP contribution is -1.94. The van der Waals surface area contributed by atoms with E-state index in [1.165, 1.54) is 24.3 Å². The molecule has 30 heavy (non-hydrogen) atoms. The summed E-state index contributed by atoms with van der Waals surface area (Å²) >= 11 is 0. The number of non-ortho nitro benzene ring substituents is 2. The predicted octanol–water partition coefficient (Wildman–Crippen LogP) is 6.50. The summed E-state index contributed by atoms with van der Waals surface area (Å²) in [5.41, 5.74) is 4.61. The third kappa shape index (κ3) is 3.66. The van der Waals surface area contributed by atoms with Crippen molar-refractivity contribution in [3.05, 3.63) is 117 Å². The van der Waals surface area contributed by atoms with Crippen molar-refractivity contribution in [3.63, 3.8) is 0 Å². The minimum absolute atomic E-state index is 0.0682. The highest BCUT2D eigenvalue weighted by Crippen LogP contribution is 2.40. The van der Waals surface area contributed by atoms with Crippen LogP contribution in [-0.4, -0.2) is 9.85 Å². The van der Waals surface area contributed by atoms with Gasteiger partial charge in [0.05, 0.1) is 9.85 Å². The number of rotatable bonds is 5. The fourth-order valence-electron chi connectivity index (χ4n) is 3.49. The fourth-order valence-corrected chi connectivity index (χ4v) is 3.49. The van der Waals surface area contributed by atoms with Crippen molar-refractivity contribution in [2.24, 2.45) is 0 Å². The van der Waals surface area contributed by atoms with Gasteiger partial charge in [0.1, 0.15) is 0 Å². The second kappa shape index (κ2) is 7.97. The summed E-state index contributed by atoms with van der Waals surface area (Å²) in [6, 6.07) is 28.4. The van der Waals surface area contributed by atoms with Crippen LogP contribution in [0.2, 0.25) is 0 Å². The Morgan fingerprint density at radius 3 is 1.73 bits per heavy atom. The smallest absolute Gasteiger partial charge is 0.258 e. The largest absolute Gasteiger partial charge is 0.270 e. The summed E-state index contributed by atoms with van der Waals surface area (Å²) < 4.78 is 0. The van der Waals surface area contributed by atoms with Gasteiger partial charge in [-0.2, -0.15) is 0 Å². The second-order valence-electron chi connectivity index (χ2n) is 6.71. The summed E-state index contributed by atoms with van der Waals surface area (Å²) in [7, 11) is 0. The number of hydrogen-bond donors (Lipinski definition) is 0. The zero-order valence-corrected chi connectivity index (χ0v) is 15.8. The first-order valence-electron chi connectivity index (χ1n) is 9.22. The molecule has 0 unspecified atom stereocenters. The van der Waals surface area contributed by atoms with Gasteiger partial charge in [-0.25, -0.2) is 0 Å². The Labute approximate surface area is 172 Å². The van der Waals surface area contributed by atoms with E-state index in [0.29, 0.717) is 11.1 Å². The third-order valence-corrected chi connectivity index (χ3v) is 4.88. The van der Waals surface area contributed by atoms with Gasteiger partial charge in [0.25, 0.3) is 11.4 Å². The molecule has 0 fully saturated rings. The van der Waals surface area contributed by atoms with Gasteiger partial charge in [0.2, 0.25) is 0 Å². The van der Waals surface area contributed by atoms with E-state index < -0.39 is 9.85 Å². The van der Waals surface area contributed by atoms with Crippen LogP contribution in [0.3, 0.4) is 0 Å². The molecule has 0 aliphatic rings. The normalized spacial score (nSPS) is 10.5. The van der Waals surface area contributed by atoms with E-state index in [9.17, 15) is 20.2 Å². The van der Waals surface area contributed by atoms with Crippen molar-refractivity contribution in [2.75, 3.05) is 0 Å². The summed E-state index contributed by atoms with van der Waals surface area (Å²) in [5, 5.41) is 22.6. The van der Waals surface area contributed by atoms with Crippen LogP contribution in [0.5, 0.6) is 0 Å². The first-order chi connectivity index (χ1) is 14.5. The maximum atomic E-state index is 11.4. The molecular formula is C24H16N2O4. The van der Waals surface area contributed by atoms with Crippen LogP contribution in [0.4, 0.5) is 11.4 Å². The molecule has 4 aromatic carbocycles. The van der Waals surface area contributed by atoms with E-state index in [1.54, 1.807) is 18.2 Å². The van der Waals surface area contributed by atoms with Crippen LogP contribution in [0, 0.1) is 20.2 Å². The van der Waals surface area contributed by atoms with Crippen molar-refractivity contribution < 1.29 is 9.85 Å². The summed E-state index contributed by atoms with van der Waals surface area (Å²) in [4.78, 5) is 21.7. The Morgan fingerprint density at radius 1 is 0.467 bits per heavy atom. The molecule has 0 atom stereocenters. The zero-order chi connectivity index (χ0) is 21.1. The first kappa shape index (κ1) is 19.0. The van der Waals surface area contributed by atoms with E-state index in [2.05, 4.69) is 0 Å². The number of nitro groups is 2. The molecule has 0 bridgehead atoms. The topological polar surface area (TPSA) is 86.3 Å². The lowest BCUT2D eigenvalue weighted by atomic mass is 9.89. The highest BCUT2D eigenvalue weighted by atomic mass is 16.6. The SMILES string of the molecule is O=[N+]([O-])c1cccc(-c2cc([N+](=O)[O-])ccc2-c2ccccc2-c2ccccc2)c1. The molecule has 0 spiro atoms. The van der Waals surface area contributed by atoms with Crippen LogP contribution < -0.4 is 0 Å². The average molecular weight is 396 g/mol. The van der Waals surface area contributed by atoms with Crippen LogP contribution in [0.15, 0.2) is 97.1 Å². The lowest BCUT2D eigenvalue weighted by molar-refractivity contribution is -0.385. The molecule has 0 saturated heterocycles.